The highest BCUT2D eigenvalue weighted by Gasteiger charge is 2.21. The van der Waals surface area contributed by atoms with Crippen LogP contribution in [0, 0.1) is 27.7 Å². The summed E-state index contributed by atoms with van der Waals surface area (Å²) in [6.45, 7) is 8.71. The molecule has 5 nitrogen and oxygen atoms in total. The third kappa shape index (κ3) is 8.72. The number of aromatic nitrogens is 3. The van der Waals surface area contributed by atoms with Gasteiger partial charge in [0, 0.05) is 67.3 Å². The minimum atomic E-state index is 0.719. The van der Waals surface area contributed by atoms with Crippen molar-refractivity contribution in [2.24, 2.45) is 0 Å². The molecule has 2 heterocycles. The third-order valence-electron chi connectivity index (χ3n) is 13.9. The number of benzene rings is 10. The first-order chi connectivity index (χ1) is 35.8. The van der Waals surface area contributed by atoms with Crippen LogP contribution < -0.4 is 9.80 Å². The Morgan fingerprint density at radius 2 is 0.726 bits per heavy atom. The van der Waals surface area contributed by atoms with Crippen molar-refractivity contribution < 1.29 is 0 Å². The van der Waals surface area contributed by atoms with E-state index in [-0.39, 0.29) is 0 Å². The van der Waals surface area contributed by atoms with Crippen LogP contribution in [-0.4, -0.2) is 14.5 Å². The van der Waals surface area contributed by atoms with Gasteiger partial charge in [-0.25, -0.2) is 9.97 Å². The highest BCUT2D eigenvalue weighted by molar-refractivity contribution is 6.12. The molecule has 5 heteroatoms. The number of para-hydroxylation sites is 4. The van der Waals surface area contributed by atoms with Gasteiger partial charge >= 0.3 is 0 Å². The van der Waals surface area contributed by atoms with Gasteiger partial charge in [0.25, 0.3) is 0 Å². The predicted octanol–water partition coefficient (Wildman–Crippen LogP) is 18.4. The average Bonchev–Trinajstić information content (AvgIpc) is 3.75. The van der Waals surface area contributed by atoms with Gasteiger partial charge in [-0.2, -0.15) is 0 Å². The summed E-state index contributed by atoms with van der Waals surface area (Å²) >= 11 is 0. The van der Waals surface area contributed by atoms with E-state index in [1.54, 1.807) is 0 Å². The van der Waals surface area contributed by atoms with Crippen LogP contribution in [0.15, 0.2) is 249 Å². The molecule has 2 aromatic heterocycles. The molecule has 0 aliphatic heterocycles. The molecule has 0 fully saturated rings. The van der Waals surface area contributed by atoms with E-state index in [2.05, 4.69) is 291 Å². The van der Waals surface area contributed by atoms with E-state index in [4.69, 9.17) is 9.97 Å². The highest BCUT2D eigenvalue weighted by Crippen LogP contribution is 2.44. The summed E-state index contributed by atoms with van der Waals surface area (Å²) in [5.74, 6) is 0.719. The van der Waals surface area contributed by atoms with Gasteiger partial charge in [-0.1, -0.05) is 145 Å². The SMILES string of the molecule is Cc1cccc(-c2cc(-c3ccc(-c4c(C)cc(-n5c6ccc(N(c7ccccc7)c7ccccc7)cc6c6cc(N(c7ccccc7)c7ccccc7)ccc65)cc4C)cc3)nc(-c3cccc(C)c3)n2)c1. The summed E-state index contributed by atoms with van der Waals surface area (Å²) in [5, 5.41) is 2.34. The summed E-state index contributed by atoms with van der Waals surface area (Å²) in [6, 6.07) is 89.1. The molecule has 0 atom stereocenters. The Balaban J connectivity index is 0.980. The monoisotopic (exact) mass is 939 g/mol. The quantitative estimate of drug-likeness (QED) is 0.129. The molecule has 0 spiro atoms. The fraction of sp³-hybridized carbons (Fsp3) is 0.0588. The highest BCUT2D eigenvalue weighted by atomic mass is 15.1. The first-order valence-corrected chi connectivity index (χ1v) is 25.0. The van der Waals surface area contributed by atoms with Crippen LogP contribution in [0.5, 0.6) is 0 Å². The average molecular weight is 940 g/mol. The zero-order valence-corrected chi connectivity index (χ0v) is 41.4. The molecule has 12 aromatic rings. The van der Waals surface area contributed by atoms with Gasteiger partial charge in [0.05, 0.1) is 22.4 Å². The molecule has 0 N–H and O–H groups in total. The summed E-state index contributed by atoms with van der Waals surface area (Å²) < 4.78 is 2.45. The van der Waals surface area contributed by atoms with Crippen molar-refractivity contribution in [1.82, 2.24) is 14.5 Å². The van der Waals surface area contributed by atoms with E-state index in [0.29, 0.717) is 0 Å². The van der Waals surface area contributed by atoms with Crippen LogP contribution in [0.25, 0.3) is 72.5 Å². The number of hydrogen-bond acceptors (Lipinski definition) is 4. The molecule has 0 amide bonds. The molecule has 12 rings (SSSR count). The van der Waals surface area contributed by atoms with Crippen molar-refractivity contribution in [3.8, 4) is 50.7 Å². The molecule has 0 saturated heterocycles. The number of anilines is 6. The second-order valence-corrected chi connectivity index (χ2v) is 19.0. The lowest BCUT2D eigenvalue weighted by atomic mass is 9.93. The van der Waals surface area contributed by atoms with Gasteiger partial charge in [-0.05, 0) is 165 Å². The Hall–Kier alpha value is -9.32. The standard InChI is InChI=1S/C68H53N5/c1-46-19-17-21-52(39-46)64-45-63(69-68(70-64)53-22-18-20-47(2)40-53)50-31-33-51(34-32-50)67-48(3)41-60(42-49(67)4)73-65-37-35-58(71(54-23-9-5-10-24-54)55-25-11-6-12-26-55)43-61(65)62-44-59(36-38-66(62)73)72(56-27-13-7-14-28-56)57-29-15-8-16-30-57/h5-45H,1-4H3. The zero-order valence-electron chi connectivity index (χ0n) is 41.4. The van der Waals surface area contributed by atoms with Gasteiger partial charge in [0.1, 0.15) is 0 Å². The zero-order chi connectivity index (χ0) is 49.4. The van der Waals surface area contributed by atoms with E-state index < -0.39 is 0 Å². The van der Waals surface area contributed by atoms with Gasteiger partial charge in [-0.15, -0.1) is 0 Å². The topological polar surface area (TPSA) is 37.2 Å². The van der Waals surface area contributed by atoms with Crippen molar-refractivity contribution in [3.63, 3.8) is 0 Å². The maximum Gasteiger partial charge on any atom is 0.160 e. The van der Waals surface area contributed by atoms with Crippen LogP contribution in [0.1, 0.15) is 22.3 Å². The van der Waals surface area contributed by atoms with E-state index >= 15 is 0 Å². The lowest BCUT2D eigenvalue weighted by Gasteiger charge is -2.26. The molecule has 0 radical (unpaired) electrons. The van der Waals surface area contributed by atoms with Crippen LogP contribution in [0.2, 0.25) is 0 Å². The van der Waals surface area contributed by atoms with Crippen LogP contribution in [0.3, 0.4) is 0 Å². The molecule has 0 bridgehead atoms. The molecular formula is C68H53N5. The molecule has 10 aromatic carbocycles. The van der Waals surface area contributed by atoms with E-state index in [1.165, 1.54) is 38.6 Å². The molecule has 0 saturated carbocycles. The molecule has 0 aliphatic carbocycles. The second kappa shape index (κ2) is 19.1. The minimum Gasteiger partial charge on any atom is -0.310 e. The second-order valence-electron chi connectivity index (χ2n) is 19.0. The van der Waals surface area contributed by atoms with E-state index in [1.807, 2.05) is 0 Å². The van der Waals surface area contributed by atoms with E-state index in [0.717, 1.165) is 90.3 Å². The molecule has 0 aliphatic rings. The van der Waals surface area contributed by atoms with Gasteiger partial charge in [0.2, 0.25) is 0 Å². The Morgan fingerprint density at radius 3 is 1.18 bits per heavy atom. The summed E-state index contributed by atoms with van der Waals surface area (Å²) in [6.07, 6.45) is 0. The Kier molecular flexibility index (Phi) is 11.7. The maximum atomic E-state index is 5.16. The lowest BCUT2D eigenvalue weighted by molar-refractivity contribution is 1.16. The fourth-order valence-electron chi connectivity index (χ4n) is 10.6. The van der Waals surface area contributed by atoms with Crippen LogP contribution in [0.4, 0.5) is 34.1 Å². The fourth-order valence-corrected chi connectivity index (χ4v) is 10.6. The normalized spacial score (nSPS) is 11.3. The minimum absolute atomic E-state index is 0.719. The van der Waals surface area contributed by atoms with Gasteiger partial charge in [-0.3, -0.25) is 0 Å². The maximum absolute atomic E-state index is 5.16. The lowest BCUT2D eigenvalue weighted by Crippen LogP contribution is -2.09. The van der Waals surface area contributed by atoms with Crippen molar-refractivity contribution in [2.45, 2.75) is 27.7 Å². The van der Waals surface area contributed by atoms with Crippen molar-refractivity contribution >= 4 is 55.9 Å². The number of fused-ring (bicyclic) bond motifs is 3. The Morgan fingerprint density at radius 1 is 0.315 bits per heavy atom. The van der Waals surface area contributed by atoms with Crippen molar-refractivity contribution in [2.75, 3.05) is 9.80 Å². The first-order valence-electron chi connectivity index (χ1n) is 25.0. The van der Waals surface area contributed by atoms with Gasteiger partial charge < -0.3 is 14.4 Å². The Labute approximate surface area is 427 Å². The molecule has 73 heavy (non-hydrogen) atoms. The Bertz CT molecular complexity index is 3630. The first kappa shape index (κ1) is 44.9. The molecule has 350 valence electrons. The molecule has 0 unspecified atom stereocenters. The number of aryl methyl sites for hydroxylation is 4. The smallest absolute Gasteiger partial charge is 0.160 e. The summed E-state index contributed by atoms with van der Waals surface area (Å²) in [7, 11) is 0. The van der Waals surface area contributed by atoms with Crippen molar-refractivity contribution in [1.29, 1.82) is 0 Å². The van der Waals surface area contributed by atoms with Gasteiger partial charge in [0.15, 0.2) is 5.82 Å². The number of rotatable bonds is 11. The van der Waals surface area contributed by atoms with Crippen molar-refractivity contribution in [3.05, 3.63) is 271 Å². The molecular weight excluding hydrogens is 887 g/mol. The van der Waals surface area contributed by atoms with Crippen LogP contribution >= 0.6 is 0 Å². The van der Waals surface area contributed by atoms with Crippen LogP contribution in [-0.2, 0) is 0 Å². The third-order valence-corrected chi connectivity index (χ3v) is 13.9. The van der Waals surface area contributed by atoms with E-state index in [9.17, 15) is 0 Å². The number of nitrogens with zero attached hydrogens (tertiary/aromatic N) is 5. The summed E-state index contributed by atoms with van der Waals surface area (Å²) in [4.78, 5) is 14.9. The predicted molar refractivity (Wildman–Crippen MR) is 306 cm³/mol. The number of hydrogen-bond donors (Lipinski definition) is 0. The summed E-state index contributed by atoms with van der Waals surface area (Å²) in [5.41, 5.74) is 22.1. The largest absolute Gasteiger partial charge is 0.310 e.